The lowest BCUT2D eigenvalue weighted by atomic mass is 10.3. The van der Waals surface area contributed by atoms with Crippen molar-refractivity contribution in [3.05, 3.63) is 83.6 Å². The van der Waals surface area contributed by atoms with E-state index in [0.29, 0.717) is 0 Å². The van der Waals surface area contributed by atoms with Gasteiger partial charge in [0.2, 0.25) is 0 Å². The number of nitrogens with zero attached hydrogens (tertiary/aromatic N) is 2. The molecule has 3 nitrogen and oxygen atoms in total. The SMILES string of the molecule is Clc1ccc(-n2cccc2/C=N\Nc2ccccc2)cc1. The molecule has 0 radical (unpaired) electrons. The van der Waals surface area contributed by atoms with Gasteiger partial charge in [-0.3, -0.25) is 5.43 Å². The van der Waals surface area contributed by atoms with Gasteiger partial charge in [0.05, 0.1) is 17.6 Å². The minimum Gasteiger partial charge on any atom is -0.316 e. The molecule has 0 bridgehead atoms. The molecule has 0 aliphatic rings. The summed E-state index contributed by atoms with van der Waals surface area (Å²) in [5.74, 6) is 0. The van der Waals surface area contributed by atoms with Gasteiger partial charge in [-0.25, -0.2) is 0 Å². The van der Waals surface area contributed by atoms with E-state index < -0.39 is 0 Å². The highest BCUT2D eigenvalue weighted by molar-refractivity contribution is 6.30. The minimum atomic E-state index is 0.729. The van der Waals surface area contributed by atoms with E-state index in [1.807, 2.05) is 77.5 Å². The van der Waals surface area contributed by atoms with Crippen molar-refractivity contribution in [1.82, 2.24) is 4.57 Å². The maximum Gasteiger partial charge on any atom is 0.0712 e. The molecule has 0 saturated heterocycles. The van der Waals surface area contributed by atoms with Gasteiger partial charge >= 0.3 is 0 Å². The molecule has 3 rings (SSSR count). The summed E-state index contributed by atoms with van der Waals surface area (Å²) in [6.07, 6.45) is 3.79. The fourth-order valence-corrected chi connectivity index (χ4v) is 2.15. The molecule has 0 fully saturated rings. The topological polar surface area (TPSA) is 29.3 Å². The third-order valence-corrected chi connectivity index (χ3v) is 3.30. The van der Waals surface area contributed by atoms with E-state index in [0.717, 1.165) is 22.1 Å². The number of aromatic nitrogens is 1. The van der Waals surface area contributed by atoms with Crippen LogP contribution in [-0.2, 0) is 0 Å². The van der Waals surface area contributed by atoms with Crippen LogP contribution in [0.4, 0.5) is 5.69 Å². The van der Waals surface area contributed by atoms with Gasteiger partial charge in [-0.1, -0.05) is 29.8 Å². The van der Waals surface area contributed by atoms with Crippen LogP contribution in [0.2, 0.25) is 5.02 Å². The molecule has 1 N–H and O–H groups in total. The molecule has 2 aromatic carbocycles. The molecular weight excluding hydrogens is 282 g/mol. The maximum atomic E-state index is 5.92. The molecule has 0 unspecified atom stereocenters. The number of hydrogen-bond donors (Lipinski definition) is 1. The Morgan fingerprint density at radius 3 is 2.43 bits per heavy atom. The van der Waals surface area contributed by atoms with Gasteiger partial charge in [0.1, 0.15) is 0 Å². The van der Waals surface area contributed by atoms with Crippen LogP contribution in [0.3, 0.4) is 0 Å². The van der Waals surface area contributed by atoms with Gasteiger partial charge < -0.3 is 4.57 Å². The van der Waals surface area contributed by atoms with Crippen LogP contribution in [0.15, 0.2) is 78.0 Å². The third kappa shape index (κ3) is 3.33. The minimum absolute atomic E-state index is 0.729. The number of hydrazone groups is 1. The molecule has 1 heterocycles. The van der Waals surface area contributed by atoms with Gasteiger partial charge in [0, 0.05) is 16.9 Å². The number of benzene rings is 2. The van der Waals surface area contributed by atoms with Crippen LogP contribution in [0.5, 0.6) is 0 Å². The Morgan fingerprint density at radius 2 is 1.67 bits per heavy atom. The number of rotatable bonds is 4. The fraction of sp³-hybridized carbons (Fsp3) is 0. The summed E-state index contributed by atoms with van der Waals surface area (Å²) in [6, 6.07) is 21.5. The largest absolute Gasteiger partial charge is 0.316 e. The fourth-order valence-electron chi connectivity index (χ4n) is 2.02. The van der Waals surface area contributed by atoms with Crippen molar-refractivity contribution in [1.29, 1.82) is 0 Å². The first kappa shape index (κ1) is 13.5. The van der Waals surface area contributed by atoms with E-state index in [9.17, 15) is 0 Å². The van der Waals surface area contributed by atoms with Gasteiger partial charge in [0.15, 0.2) is 0 Å². The van der Waals surface area contributed by atoms with E-state index in [1.54, 1.807) is 6.21 Å². The second-order valence-electron chi connectivity index (χ2n) is 4.52. The number of hydrogen-bond acceptors (Lipinski definition) is 2. The van der Waals surface area contributed by atoms with Crippen LogP contribution < -0.4 is 5.43 Å². The first-order valence-electron chi connectivity index (χ1n) is 6.60. The van der Waals surface area contributed by atoms with Crippen LogP contribution >= 0.6 is 11.6 Å². The van der Waals surface area contributed by atoms with Gasteiger partial charge in [0.25, 0.3) is 0 Å². The molecule has 1 aromatic heterocycles. The number of halogens is 1. The summed E-state index contributed by atoms with van der Waals surface area (Å²) in [5, 5.41) is 4.99. The summed E-state index contributed by atoms with van der Waals surface area (Å²) in [5.41, 5.74) is 6.00. The summed E-state index contributed by atoms with van der Waals surface area (Å²) < 4.78 is 2.05. The summed E-state index contributed by atoms with van der Waals surface area (Å²) >= 11 is 5.92. The molecule has 0 aliphatic heterocycles. The molecule has 3 aromatic rings. The van der Waals surface area contributed by atoms with E-state index >= 15 is 0 Å². The number of para-hydroxylation sites is 1. The average Bonchev–Trinajstić information content (AvgIpc) is 2.98. The Bertz CT molecular complexity index is 730. The van der Waals surface area contributed by atoms with E-state index in [2.05, 4.69) is 10.5 Å². The Balaban J connectivity index is 1.78. The zero-order valence-electron chi connectivity index (χ0n) is 11.3. The summed E-state index contributed by atoms with van der Waals surface area (Å²) in [7, 11) is 0. The Hall–Kier alpha value is -2.52. The molecule has 0 aliphatic carbocycles. The highest BCUT2D eigenvalue weighted by Gasteiger charge is 2.00. The van der Waals surface area contributed by atoms with Crippen LogP contribution in [-0.4, -0.2) is 10.8 Å². The second kappa shape index (κ2) is 6.29. The quantitative estimate of drug-likeness (QED) is 0.554. The van der Waals surface area contributed by atoms with Crippen LogP contribution in [0, 0.1) is 0 Å². The maximum absolute atomic E-state index is 5.92. The van der Waals surface area contributed by atoms with Gasteiger partial charge in [-0.2, -0.15) is 5.10 Å². The Morgan fingerprint density at radius 1 is 0.905 bits per heavy atom. The van der Waals surface area contributed by atoms with Crippen molar-refractivity contribution in [2.75, 3.05) is 5.43 Å². The zero-order chi connectivity index (χ0) is 14.5. The normalized spacial score (nSPS) is 10.9. The summed E-state index contributed by atoms with van der Waals surface area (Å²) in [4.78, 5) is 0. The Labute approximate surface area is 128 Å². The molecule has 0 saturated carbocycles. The van der Waals surface area contributed by atoms with Gasteiger partial charge in [-0.05, 0) is 48.5 Å². The zero-order valence-corrected chi connectivity index (χ0v) is 12.0. The van der Waals surface area contributed by atoms with Crippen LogP contribution in [0.1, 0.15) is 5.69 Å². The third-order valence-electron chi connectivity index (χ3n) is 3.05. The Kier molecular flexibility index (Phi) is 4.03. The van der Waals surface area contributed by atoms with Crippen LogP contribution in [0.25, 0.3) is 5.69 Å². The van der Waals surface area contributed by atoms with Crippen molar-refractivity contribution in [3.8, 4) is 5.69 Å². The average molecular weight is 296 g/mol. The molecule has 0 atom stereocenters. The highest BCUT2D eigenvalue weighted by Crippen LogP contribution is 2.15. The first-order valence-corrected chi connectivity index (χ1v) is 6.98. The van der Waals surface area contributed by atoms with Crippen molar-refractivity contribution >= 4 is 23.5 Å². The molecule has 0 amide bonds. The predicted molar refractivity (Wildman–Crippen MR) is 88.4 cm³/mol. The lowest BCUT2D eigenvalue weighted by molar-refractivity contribution is 1.07. The lowest BCUT2D eigenvalue weighted by Crippen LogP contribution is -1.99. The van der Waals surface area contributed by atoms with E-state index in [4.69, 9.17) is 11.6 Å². The second-order valence-corrected chi connectivity index (χ2v) is 4.95. The molecule has 0 spiro atoms. The van der Waals surface area contributed by atoms with Crippen molar-refractivity contribution in [2.45, 2.75) is 0 Å². The van der Waals surface area contributed by atoms with Gasteiger partial charge in [-0.15, -0.1) is 0 Å². The molecular formula is C17H14ClN3. The lowest BCUT2D eigenvalue weighted by Gasteiger charge is -2.06. The van der Waals surface area contributed by atoms with Crippen molar-refractivity contribution in [2.24, 2.45) is 5.10 Å². The monoisotopic (exact) mass is 295 g/mol. The van der Waals surface area contributed by atoms with E-state index in [1.165, 1.54) is 0 Å². The summed E-state index contributed by atoms with van der Waals surface area (Å²) in [6.45, 7) is 0. The van der Waals surface area contributed by atoms with Crippen molar-refractivity contribution in [3.63, 3.8) is 0 Å². The standard InChI is InChI=1S/C17H14ClN3/c18-14-8-10-16(11-9-14)21-12-4-7-17(21)13-19-20-15-5-2-1-3-6-15/h1-13,20H/b19-13-. The smallest absolute Gasteiger partial charge is 0.0712 e. The number of nitrogens with one attached hydrogen (secondary N) is 1. The molecule has 4 heteroatoms. The van der Waals surface area contributed by atoms with Crippen molar-refractivity contribution < 1.29 is 0 Å². The first-order chi connectivity index (χ1) is 10.3. The highest BCUT2D eigenvalue weighted by atomic mass is 35.5. The molecule has 104 valence electrons. The number of anilines is 1. The predicted octanol–water partition coefficient (Wildman–Crippen LogP) is 4.58. The van der Waals surface area contributed by atoms with E-state index in [-0.39, 0.29) is 0 Å². The molecule has 21 heavy (non-hydrogen) atoms.